The van der Waals surface area contributed by atoms with Crippen LogP contribution in [0.4, 0.5) is 0 Å². The monoisotopic (exact) mass is 251 g/mol. The summed E-state index contributed by atoms with van der Waals surface area (Å²) in [6.07, 6.45) is 0.458. The number of aryl methyl sites for hydroxylation is 1. The van der Waals surface area contributed by atoms with Gasteiger partial charge in [0.05, 0.1) is 22.9 Å². The second kappa shape index (κ2) is 4.33. The molecular formula is C12H13NO3S. The number of Topliss-reactive ketones (excluding diaryl/α,β-unsaturated/α-hetero) is 1. The first-order chi connectivity index (χ1) is 8.08. The van der Waals surface area contributed by atoms with E-state index in [-0.39, 0.29) is 5.78 Å². The highest BCUT2D eigenvalue weighted by molar-refractivity contribution is 7.19. The van der Waals surface area contributed by atoms with Crippen molar-refractivity contribution in [2.75, 3.05) is 7.11 Å². The van der Waals surface area contributed by atoms with Crippen LogP contribution < -0.4 is 0 Å². The normalized spacial score (nSPS) is 10.8. The summed E-state index contributed by atoms with van der Waals surface area (Å²) in [6, 6.07) is 1.73. The van der Waals surface area contributed by atoms with Gasteiger partial charge in [-0.2, -0.15) is 0 Å². The van der Waals surface area contributed by atoms with Gasteiger partial charge in [0.25, 0.3) is 0 Å². The maximum Gasteiger partial charge on any atom is 0.354 e. The number of methoxy groups -OCH3 is 1. The number of rotatable bonds is 3. The minimum atomic E-state index is -0.416. The molecule has 0 saturated heterocycles. The Morgan fingerprint density at radius 2 is 2.18 bits per heavy atom. The number of esters is 1. The van der Waals surface area contributed by atoms with Crippen molar-refractivity contribution in [2.45, 2.75) is 20.3 Å². The van der Waals surface area contributed by atoms with Crippen LogP contribution >= 0.6 is 11.3 Å². The second-order valence-electron chi connectivity index (χ2n) is 3.72. The Morgan fingerprint density at radius 3 is 2.76 bits per heavy atom. The number of hydrogen-bond acceptors (Lipinski definition) is 4. The van der Waals surface area contributed by atoms with Crippen molar-refractivity contribution in [3.63, 3.8) is 0 Å². The van der Waals surface area contributed by atoms with Gasteiger partial charge in [-0.25, -0.2) is 4.79 Å². The third-order valence-electron chi connectivity index (χ3n) is 2.65. The molecule has 0 spiro atoms. The molecule has 0 amide bonds. The summed E-state index contributed by atoms with van der Waals surface area (Å²) >= 11 is 1.51. The van der Waals surface area contributed by atoms with E-state index in [1.165, 1.54) is 18.4 Å². The molecule has 0 bridgehead atoms. The lowest BCUT2D eigenvalue weighted by atomic mass is 10.1. The molecular weight excluding hydrogens is 238 g/mol. The topological polar surface area (TPSA) is 59.2 Å². The molecule has 4 nitrogen and oxygen atoms in total. The van der Waals surface area contributed by atoms with E-state index in [9.17, 15) is 9.59 Å². The first-order valence-corrected chi connectivity index (χ1v) is 6.13. The van der Waals surface area contributed by atoms with Gasteiger partial charge in [0.15, 0.2) is 5.78 Å². The van der Waals surface area contributed by atoms with Gasteiger partial charge in [-0.15, -0.1) is 11.3 Å². The molecule has 1 N–H and O–H groups in total. The van der Waals surface area contributed by atoms with E-state index in [0.29, 0.717) is 17.7 Å². The lowest BCUT2D eigenvalue weighted by Gasteiger charge is -1.97. The molecule has 0 aliphatic heterocycles. The van der Waals surface area contributed by atoms with E-state index in [1.807, 2.05) is 13.8 Å². The minimum absolute atomic E-state index is 0.0898. The quantitative estimate of drug-likeness (QED) is 0.674. The standard InChI is InChI=1S/C12H13NO3S/c1-4-8(14)10-6(2)17-9-5-7(12(15)16-3)13-11(9)10/h5,13H,4H2,1-3H3. The number of hydrogen-bond donors (Lipinski definition) is 1. The number of carbonyl (C=O) groups is 2. The molecule has 2 aromatic rings. The van der Waals surface area contributed by atoms with Crippen LogP contribution in [0.1, 0.15) is 39.1 Å². The lowest BCUT2D eigenvalue weighted by molar-refractivity contribution is 0.0595. The molecule has 0 saturated carbocycles. The van der Waals surface area contributed by atoms with Gasteiger partial charge >= 0.3 is 5.97 Å². The number of fused-ring (bicyclic) bond motifs is 1. The smallest absolute Gasteiger partial charge is 0.354 e. The number of aromatic nitrogens is 1. The maximum absolute atomic E-state index is 11.8. The average Bonchev–Trinajstić information content (AvgIpc) is 2.83. The van der Waals surface area contributed by atoms with E-state index in [4.69, 9.17) is 0 Å². The minimum Gasteiger partial charge on any atom is -0.464 e. The van der Waals surface area contributed by atoms with Gasteiger partial charge in [0.1, 0.15) is 5.69 Å². The van der Waals surface area contributed by atoms with E-state index >= 15 is 0 Å². The summed E-state index contributed by atoms with van der Waals surface area (Å²) in [5.41, 5.74) is 1.83. The first-order valence-electron chi connectivity index (χ1n) is 5.32. The Balaban J connectivity index is 2.60. The second-order valence-corrected chi connectivity index (χ2v) is 4.98. The Hall–Kier alpha value is -1.62. The molecule has 0 radical (unpaired) electrons. The molecule has 17 heavy (non-hydrogen) atoms. The molecule has 0 atom stereocenters. The first kappa shape index (κ1) is 11.9. The van der Waals surface area contributed by atoms with Crippen LogP contribution in [0.15, 0.2) is 6.07 Å². The Morgan fingerprint density at radius 1 is 1.47 bits per heavy atom. The van der Waals surface area contributed by atoms with Crippen molar-refractivity contribution in [2.24, 2.45) is 0 Å². The lowest BCUT2D eigenvalue weighted by Crippen LogP contribution is -2.02. The number of H-pyrrole nitrogens is 1. The summed E-state index contributed by atoms with van der Waals surface area (Å²) in [4.78, 5) is 27.2. The van der Waals surface area contributed by atoms with E-state index in [1.54, 1.807) is 6.07 Å². The molecule has 0 unspecified atom stereocenters. The predicted molar refractivity (Wildman–Crippen MR) is 66.9 cm³/mol. The fraction of sp³-hybridized carbons (Fsp3) is 0.333. The Labute approximate surface area is 103 Å². The predicted octanol–water partition coefficient (Wildman–Crippen LogP) is 2.92. The van der Waals surface area contributed by atoms with Gasteiger partial charge < -0.3 is 9.72 Å². The third-order valence-corrected chi connectivity index (χ3v) is 3.70. The molecule has 90 valence electrons. The van der Waals surface area contributed by atoms with Crippen molar-refractivity contribution < 1.29 is 14.3 Å². The summed E-state index contributed by atoms with van der Waals surface area (Å²) in [5.74, 6) is -0.326. The fourth-order valence-electron chi connectivity index (χ4n) is 1.83. The van der Waals surface area contributed by atoms with Crippen molar-refractivity contribution >= 4 is 33.3 Å². The third kappa shape index (κ3) is 1.86. The zero-order chi connectivity index (χ0) is 12.6. The number of ketones is 1. The van der Waals surface area contributed by atoms with Crippen LogP contribution in [0, 0.1) is 6.92 Å². The Bertz CT molecular complexity index is 594. The molecule has 2 heterocycles. The molecule has 2 rings (SSSR count). The zero-order valence-electron chi connectivity index (χ0n) is 9.92. The summed E-state index contributed by atoms with van der Waals surface area (Å²) in [5, 5.41) is 0. The van der Waals surface area contributed by atoms with Crippen molar-refractivity contribution in [3.05, 3.63) is 22.2 Å². The van der Waals surface area contributed by atoms with Gasteiger partial charge in [-0.1, -0.05) is 6.92 Å². The number of thiophene rings is 1. The highest BCUT2D eigenvalue weighted by atomic mass is 32.1. The maximum atomic E-state index is 11.8. The van der Waals surface area contributed by atoms with Crippen molar-refractivity contribution in [3.8, 4) is 0 Å². The highest BCUT2D eigenvalue weighted by Gasteiger charge is 2.19. The number of carbonyl (C=O) groups excluding carboxylic acids is 2. The van der Waals surface area contributed by atoms with Crippen LogP contribution in [-0.2, 0) is 4.74 Å². The van der Waals surface area contributed by atoms with Gasteiger partial charge in [0.2, 0.25) is 0 Å². The average molecular weight is 251 g/mol. The number of aromatic amines is 1. The van der Waals surface area contributed by atoms with E-state index < -0.39 is 5.97 Å². The zero-order valence-corrected chi connectivity index (χ0v) is 10.7. The molecule has 0 aliphatic carbocycles. The van der Waals surface area contributed by atoms with Crippen LogP contribution in [-0.4, -0.2) is 23.8 Å². The summed E-state index contributed by atoms with van der Waals surface area (Å²) < 4.78 is 5.56. The number of nitrogens with one attached hydrogen (secondary N) is 1. The molecule has 2 aromatic heterocycles. The highest BCUT2D eigenvalue weighted by Crippen LogP contribution is 2.32. The van der Waals surface area contributed by atoms with Crippen LogP contribution in [0.2, 0.25) is 0 Å². The summed E-state index contributed by atoms with van der Waals surface area (Å²) in [7, 11) is 1.33. The number of ether oxygens (including phenoxy) is 1. The van der Waals surface area contributed by atoms with Gasteiger partial charge in [0, 0.05) is 11.3 Å². The van der Waals surface area contributed by atoms with Crippen LogP contribution in [0.25, 0.3) is 10.2 Å². The molecule has 0 aliphatic rings. The van der Waals surface area contributed by atoms with Gasteiger partial charge in [-0.3, -0.25) is 4.79 Å². The van der Waals surface area contributed by atoms with E-state index in [2.05, 4.69) is 9.72 Å². The fourth-order valence-corrected chi connectivity index (χ4v) is 2.91. The SMILES string of the molecule is CCC(=O)c1c(C)sc2cc(C(=O)OC)[nH]c12. The largest absolute Gasteiger partial charge is 0.464 e. The van der Waals surface area contributed by atoms with Gasteiger partial charge in [-0.05, 0) is 13.0 Å². The van der Waals surface area contributed by atoms with Crippen LogP contribution in [0.3, 0.4) is 0 Å². The molecule has 0 fully saturated rings. The van der Waals surface area contributed by atoms with Crippen molar-refractivity contribution in [1.29, 1.82) is 0 Å². The molecule has 5 heteroatoms. The molecule has 0 aromatic carbocycles. The summed E-state index contributed by atoms with van der Waals surface area (Å²) in [6.45, 7) is 3.74. The van der Waals surface area contributed by atoms with E-state index in [0.717, 1.165) is 15.1 Å². The Kier molecular flexibility index (Phi) is 3.02. The van der Waals surface area contributed by atoms with Crippen molar-refractivity contribution in [1.82, 2.24) is 4.98 Å². The van der Waals surface area contributed by atoms with Crippen LogP contribution in [0.5, 0.6) is 0 Å².